The van der Waals surface area contributed by atoms with Gasteiger partial charge in [0.15, 0.2) is 0 Å². The van der Waals surface area contributed by atoms with Crippen LogP contribution in [0.1, 0.15) is 25.7 Å². The predicted octanol–water partition coefficient (Wildman–Crippen LogP) is 2.09. The Morgan fingerprint density at radius 2 is 2.53 bits per heavy atom. The minimum absolute atomic E-state index is 0.0926. The first-order valence-corrected chi connectivity index (χ1v) is 5.18. The zero-order valence-electron chi connectivity index (χ0n) is 8.62. The molecule has 4 nitrogen and oxygen atoms in total. The summed E-state index contributed by atoms with van der Waals surface area (Å²) in [4.78, 5) is 12.0. The lowest BCUT2D eigenvalue weighted by atomic mass is 9.66. The van der Waals surface area contributed by atoms with Gasteiger partial charge in [0.25, 0.3) is 0 Å². The summed E-state index contributed by atoms with van der Waals surface area (Å²) in [6.07, 6.45) is 8.93. The largest absolute Gasteiger partial charge is 0.323 e. The average Bonchev–Trinajstić information content (AvgIpc) is 2.63. The van der Waals surface area contributed by atoms with Gasteiger partial charge in [-0.2, -0.15) is 5.10 Å². The van der Waals surface area contributed by atoms with Crippen molar-refractivity contribution in [3.63, 3.8) is 0 Å². The number of anilines is 1. The lowest BCUT2D eigenvalue weighted by Gasteiger charge is -2.39. The van der Waals surface area contributed by atoms with Crippen molar-refractivity contribution in [2.24, 2.45) is 5.41 Å². The van der Waals surface area contributed by atoms with Crippen LogP contribution in [0.5, 0.6) is 0 Å². The number of aromatic amines is 1. The molecule has 1 amide bonds. The molecule has 1 aromatic rings. The summed E-state index contributed by atoms with van der Waals surface area (Å²) in [6, 6.07) is 0. The maximum absolute atomic E-state index is 12.0. The van der Waals surface area contributed by atoms with E-state index in [4.69, 9.17) is 0 Å². The van der Waals surface area contributed by atoms with E-state index in [0.717, 1.165) is 31.4 Å². The summed E-state index contributed by atoms with van der Waals surface area (Å²) in [7, 11) is 0. The molecule has 2 rings (SSSR count). The van der Waals surface area contributed by atoms with E-state index in [1.54, 1.807) is 12.4 Å². The molecule has 1 aliphatic carbocycles. The third kappa shape index (κ3) is 1.79. The minimum Gasteiger partial charge on any atom is -0.323 e. The van der Waals surface area contributed by atoms with Gasteiger partial charge in [0.2, 0.25) is 5.91 Å². The second-order valence-electron chi connectivity index (χ2n) is 4.07. The zero-order valence-corrected chi connectivity index (χ0v) is 8.62. The van der Waals surface area contributed by atoms with Crippen LogP contribution >= 0.6 is 0 Å². The van der Waals surface area contributed by atoms with Crippen molar-refractivity contribution in [1.82, 2.24) is 10.2 Å². The van der Waals surface area contributed by atoms with Gasteiger partial charge < -0.3 is 5.32 Å². The molecule has 1 saturated carbocycles. The number of hydrogen-bond acceptors (Lipinski definition) is 2. The number of H-pyrrole nitrogens is 1. The summed E-state index contributed by atoms with van der Waals surface area (Å²) < 4.78 is 0. The van der Waals surface area contributed by atoms with Crippen LogP contribution in [0.2, 0.25) is 0 Å². The van der Waals surface area contributed by atoms with Gasteiger partial charge >= 0.3 is 0 Å². The molecule has 0 unspecified atom stereocenters. The summed E-state index contributed by atoms with van der Waals surface area (Å²) in [5, 5.41) is 9.33. The second-order valence-corrected chi connectivity index (χ2v) is 4.07. The molecule has 0 aromatic carbocycles. The Kier molecular flexibility index (Phi) is 2.58. The van der Waals surface area contributed by atoms with Crippen molar-refractivity contribution in [3.05, 3.63) is 25.0 Å². The number of aromatic nitrogens is 2. The van der Waals surface area contributed by atoms with E-state index in [2.05, 4.69) is 22.1 Å². The van der Waals surface area contributed by atoms with Crippen LogP contribution in [0.4, 0.5) is 5.69 Å². The van der Waals surface area contributed by atoms with Crippen molar-refractivity contribution in [2.45, 2.75) is 25.7 Å². The highest BCUT2D eigenvalue weighted by molar-refractivity contribution is 5.95. The van der Waals surface area contributed by atoms with Crippen LogP contribution in [0.3, 0.4) is 0 Å². The maximum Gasteiger partial charge on any atom is 0.230 e. The molecular weight excluding hydrogens is 190 g/mol. The molecule has 1 aromatic heterocycles. The first kappa shape index (κ1) is 9.96. The van der Waals surface area contributed by atoms with E-state index < -0.39 is 0 Å². The summed E-state index contributed by atoms with van der Waals surface area (Å²) in [5.74, 6) is 0.0926. The number of nitrogens with one attached hydrogen (secondary N) is 2. The van der Waals surface area contributed by atoms with Crippen LogP contribution in [0, 0.1) is 5.41 Å². The van der Waals surface area contributed by atoms with E-state index in [0.29, 0.717) is 0 Å². The van der Waals surface area contributed by atoms with Crippen LogP contribution in [-0.2, 0) is 4.79 Å². The van der Waals surface area contributed by atoms with E-state index in [1.807, 2.05) is 6.08 Å². The Balaban J connectivity index is 2.03. The zero-order chi connectivity index (χ0) is 10.7. The molecule has 0 atom stereocenters. The Morgan fingerprint density at radius 3 is 3.00 bits per heavy atom. The number of nitrogens with zero attached hydrogens (tertiary/aromatic N) is 1. The fourth-order valence-corrected chi connectivity index (χ4v) is 1.99. The molecule has 4 heteroatoms. The van der Waals surface area contributed by atoms with E-state index >= 15 is 0 Å². The van der Waals surface area contributed by atoms with E-state index in [-0.39, 0.29) is 11.3 Å². The third-order valence-electron chi connectivity index (χ3n) is 3.08. The van der Waals surface area contributed by atoms with E-state index in [1.165, 1.54) is 0 Å². The Morgan fingerprint density at radius 1 is 1.73 bits per heavy atom. The molecule has 1 fully saturated rings. The highest BCUT2D eigenvalue weighted by Gasteiger charge is 2.42. The molecule has 80 valence electrons. The van der Waals surface area contributed by atoms with Gasteiger partial charge in [-0.25, -0.2) is 0 Å². The summed E-state index contributed by atoms with van der Waals surface area (Å²) >= 11 is 0. The molecule has 0 bridgehead atoms. The quantitative estimate of drug-likeness (QED) is 0.739. The number of allylic oxidation sites excluding steroid dienone is 1. The van der Waals surface area contributed by atoms with Crippen LogP contribution in [0.15, 0.2) is 25.0 Å². The number of carbonyl (C=O) groups is 1. The Hall–Kier alpha value is -1.58. The first-order valence-electron chi connectivity index (χ1n) is 5.18. The van der Waals surface area contributed by atoms with Gasteiger partial charge in [-0.1, -0.05) is 12.5 Å². The minimum atomic E-state index is -0.209. The van der Waals surface area contributed by atoms with Gasteiger partial charge in [-0.15, -0.1) is 6.58 Å². The third-order valence-corrected chi connectivity index (χ3v) is 3.08. The number of carbonyl (C=O) groups excluding carboxylic acids is 1. The van der Waals surface area contributed by atoms with Crippen molar-refractivity contribution in [2.75, 3.05) is 5.32 Å². The smallest absolute Gasteiger partial charge is 0.230 e. The first-order chi connectivity index (χ1) is 7.27. The Labute approximate surface area is 88.8 Å². The molecule has 0 aliphatic heterocycles. The maximum atomic E-state index is 12.0. The molecule has 0 radical (unpaired) electrons. The van der Waals surface area contributed by atoms with Gasteiger partial charge in [-0.3, -0.25) is 9.89 Å². The van der Waals surface area contributed by atoms with E-state index in [9.17, 15) is 4.79 Å². The van der Waals surface area contributed by atoms with Crippen molar-refractivity contribution < 1.29 is 4.79 Å². The number of rotatable bonds is 4. The van der Waals surface area contributed by atoms with Crippen molar-refractivity contribution in [1.29, 1.82) is 0 Å². The monoisotopic (exact) mass is 205 g/mol. The van der Waals surface area contributed by atoms with Crippen LogP contribution < -0.4 is 5.32 Å². The van der Waals surface area contributed by atoms with Gasteiger partial charge in [0.05, 0.1) is 17.3 Å². The normalized spacial score (nSPS) is 17.9. The summed E-state index contributed by atoms with van der Waals surface area (Å²) in [5.41, 5.74) is 0.522. The van der Waals surface area contributed by atoms with Crippen LogP contribution in [0.25, 0.3) is 0 Å². The molecule has 15 heavy (non-hydrogen) atoms. The SMILES string of the molecule is C=CCC1(C(=O)Nc2cn[nH]c2)CCC1. The van der Waals surface area contributed by atoms with Gasteiger partial charge in [-0.05, 0) is 19.3 Å². The predicted molar refractivity (Wildman–Crippen MR) is 58.3 cm³/mol. The highest BCUT2D eigenvalue weighted by Crippen LogP contribution is 2.44. The molecule has 0 saturated heterocycles. The lowest BCUT2D eigenvalue weighted by molar-refractivity contribution is -0.130. The topological polar surface area (TPSA) is 57.8 Å². The summed E-state index contributed by atoms with van der Waals surface area (Å²) in [6.45, 7) is 3.71. The number of hydrogen-bond donors (Lipinski definition) is 2. The molecule has 0 spiro atoms. The molecule has 2 N–H and O–H groups in total. The van der Waals surface area contributed by atoms with Gasteiger partial charge in [0.1, 0.15) is 0 Å². The second kappa shape index (κ2) is 3.88. The highest BCUT2D eigenvalue weighted by atomic mass is 16.2. The fourth-order valence-electron chi connectivity index (χ4n) is 1.99. The van der Waals surface area contributed by atoms with Gasteiger partial charge in [0, 0.05) is 6.20 Å². The molecule has 1 heterocycles. The van der Waals surface area contributed by atoms with Crippen molar-refractivity contribution >= 4 is 11.6 Å². The standard InChI is InChI=1S/C11H15N3O/c1-2-4-11(5-3-6-11)10(15)14-9-7-12-13-8-9/h2,7-8H,1,3-6H2,(H,12,13)(H,14,15). The van der Waals surface area contributed by atoms with Crippen molar-refractivity contribution in [3.8, 4) is 0 Å². The van der Waals surface area contributed by atoms with Crippen LogP contribution in [-0.4, -0.2) is 16.1 Å². The average molecular weight is 205 g/mol. The Bertz CT molecular complexity index is 352. The lowest BCUT2D eigenvalue weighted by Crippen LogP contribution is -2.41. The molecule has 1 aliphatic rings. The fraction of sp³-hybridized carbons (Fsp3) is 0.455. The number of amides is 1. The molecular formula is C11H15N3O.